The standard InChI is InChI=1S/C23H26N2O5S2/c1-4-5-9-18-16-25(17-10-7-6-8-11-17)19-14-21(31-3)20(30-13-12-23(26)27)15-22(19)32(28,29)24(18)2/h4,6-8,10-15,18H,1,5,9,16H2,2-3H3,(H,26,27)/b13-12+. The number of carboxylic acids is 1. The number of anilines is 2. The minimum Gasteiger partial charge on any atom is -0.478 e. The third-order valence-electron chi connectivity index (χ3n) is 5.28. The van der Waals surface area contributed by atoms with Gasteiger partial charge < -0.3 is 14.7 Å². The van der Waals surface area contributed by atoms with Gasteiger partial charge in [-0.15, -0.1) is 18.3 Å². The van der Waals surface area contributed by atoms with Crippen LogP contribution in [0, 0.1) is 0 Å². The van der Waals surface area contributed by atoms with Gasteiger partial charge in [0, 0.05) is 31.4 Å². The van der Waals surface area contributed by atoms with Gasteiger partial charge in [-0.1, -0.05) is 24.3 Å². The van der Waals surface area contributed by atoms with E-state index < -0.39 is 16.0 Å². The second-order valence-corrected chi connectivity index (χ2v) is 10.0. The summed E-state index contributed by atoms with van der Waals surface area (Å²) in [6, 6.07) is 12.7. The molecule has 0 spiro atoms. The van der Waals surface area contributed by atoms with Gasteiger partial charge in [-0.25, -0.2) is 13.2 Å². The van der Waals surface area contributed by atoms with E-state index in [9.17, 15) is 13.2 Å². The van der Waals surface area contributed by atoms with E-state index in [1.165, 1.54) is 22.1 Å². The van der Waals surface area contributed by atoms with Crippen molar-refractivity contribution in [2.45, 2.75) is 28.7 Å². The van der Waals surface area contributed by atoms with Gasteiger partial charge in [-0.3, -0.25) is 0 Å². The molecule has 9 heteroatoms. The van der Waals surface area contributed by atoms with Crippen molar-refractivity contribution in [3.63, 3.8) is 0 Å². The van der Waals surface area contributed by atoms with Crippen molar-refractivity contribution < 1.29 is 23.1 Å². The number of carbonyl (C=O) groups is 1. The second kappa shape index (κ2) is 10.2. The molecule has 0 aliphatic carbocycles. The van der Waals surface area contributed by atoms with Crippen LogP contribution in [0.3, 0.4) is 0 Å². The quantitative estimate of drug-likeness (QED) is 0.261. The third-order valence-corrected chi connectivity index (χ3v) is 7.98. The molecule has 1 aliphatic heterocycles. The topological polar surface area (TPSA) is 87.1 Å². The average molecular weight is 475 g/mol. The molecule has 1 N–H and O–H groups in total. The van der Waals surface area contributed by atoms with E-state index in [1.807, 2.05) is 41.5 Å². The van der Waals surface area contributed by atoms with Crippen LogP contribution in [0.2, 0.25) is 0 Å². The highest BCUT2D eigenvalue weighted by Crippen LogP contribution is 2.43. The molecule has 1 aliphatic rings. The Bertz CT molecular complexity index is 1120. The molecule has 7 nitrogen and oxygen atoms in total. The average Bonchev–Trinajstić information content (AvgIpc) is 2.86. The first-order valence-electron chi connectivity index (χ1n) is 9.99. The number of thioether (sulfide) groups is 1. The molecule has 0 aromatic heterocycles. The Morgan fingerprint density at radius 1 is 1.31 bits per heavy atom. The van der Waals surface area contributed by atoms with Crippen LogP contribution in [0.4, 0.5) is 11.4 Å². The third kappa shape index (κ3) is 5.01. The lowest BCUT2D eigenvalue weighted by molar-refractivity contribution is -0.131. The van der Waals surface area contributed by atoms with Gasteiger partial charge in [0.05, 0.1) is 22.9 Å². The van der Waals surface area contributed by atoms with Gasteiger partial charge in [-0.05, 0) is 37.3 Å². The number of likely N-dealkylation sites (N-methyl/N-ethyl adjacent to an activating group) is 1. The molecular weight excluding hydrogens is 448 g/mol. The van der Waals surface area contributed by atoms with Crippen molar-refractivity contribution >= 4 is 39.1 Å². The highest BCUT2D eigenvalue weighted by molar-refractivity contribution is 7.98. The first-order valence-corrected chi connectivity index (χ1v) is 12.7. The monoisotopic (exact) mass is 474 g/mol. The van der Waals surface area contributed by atoms with Gasteiger partial charge in [0.1, 0.15) is 10.6 Å². The zero-order valence-electron chi connectivity index (χ0n) is 18.0. The van der Waals surface area contributed by atoms with Crippen LogP contribution in [0.25, 0.3) is 0 Å². The number of sulfonamides is 1. The van der Waals surface area contributed by atoms with Gasteiger partial charge in [0.2, 0.25) is 10.0 Å². The lowest BCUT2D eigenvalue weighted by Gasteiger charge is -2.29. The van der Waals surface area contributed by atoms with Crippen molar-refractivity contribution in [1.82, 2.24) is 4.31 Å². The fourth-order valence-electron chi connectivity index (χ4n) is 3.58. The number of ether oxygens (including phenoxy) is 1. The van der Waals surface area contributed by atoms with Crippen LogP contribution in [-0.4, -0.2) is 49.7 Å². The van der Waals surface area contributed by atoms with Crippen molar-refractivity contribution in [3.05, 3.63) is 67.5 Å². The Kier molecular flexibility index (Phi) is 7.65. The summed E-state index contributed by atoms with van der Waals surface area (Å²) in [6.45, 7) is 4.25. The van der Waals surface area contributed by atoms with Crippen LogP contribution in [0.5, 0.6) is 5.75 Å². The number of aliphatic carboxylic acids is 1. The summed E-state index contributed by atoms with van der Waals surface area (Å²) < 4.78 is 34.1. The molecule has 1 heterocycles. The molecule has 0 bridgehead atoms. The number of carboxylic acid groups (broad SMARTS) is 1. The van der Waals surface area contributed by atoms with E-state index in [4.69, 9.17) is 9.84 Å². The van der Waals surface area contributed by atoms with Gasteiger partial charge in [0.15, 0.2) is 0 Å². The smallest absolute Gasteiger partial charge is 0.331 e. The number of nitrogens with zero attached hydrogens (tertiary/aromatic N) is 2. The highest BCUT2D eigenvalue weighted by Gasteiger charge is 2.37. The van der Waals surface area contributed by atoms with Crippen molar-refractivity contribution in [2.75, 3.05) is 24.7 Å². The minimum atomic E-state index is -3.84. The molecule has 1 unspecified atom stereocenters. The Balaban J connectivity index is 2.21. The van der Waals surface area contributed by atoms with Crippen LogP contribution in [0.1, 0.15) is 12.8 Å². The number of allylic oxidation sites excluding steroid dienone is 1. The van der Waals surface area contributed by atoms with E-state index in [0.717, 1.165) is 18.0 Å². The maximum atomic E-state index is 13.6. The molecular formula is C23H26N2O5S2. The Labute approximate surface area is 193 Å². The van der Waals surface area contributed by atoms with E-state index in [-0.39, 0.29) is 16.7 Å². The molecule has 0 saturated carbocycles. The van der Waals surface area contributed by atoms with E-state index in [1.54, 1.807) is 19.2 Å². The molecule has 32 heavy (non-hydrogen) atoms. The molecule has 3 rings (SSSR count). The normalized spacial score (nSPS) is 18.2. The molecule has 0 radical (unpaired) electrons. The lowest BCUT2D eigenvalue weighted by Crippen LogP contribution is -2.40. The number of benzene rings is 2. The first kappa shape index (κ1) is 23.9. The SMILES string of the molecule is C=CCCC1CN(c2ccccc2)c2cc(SC)c(O/C=C/C(=O)O)cc2S(=O)(=O)N1C. The van der Waals surface area contributed by atoms with Crippen molar-refractivity contribution in [2.24, 2.45) is 0 Å². The number of para-hydroxylation sites is 1. The minimum absolute atomic E-state index is 0.112. The van der Waals surface area contributed by atoms with Crippen molar-refractivity contribution in [3.8, 4) is 5.75 Å². The largest absolute Gasteiger partial charge is 0.478 e. The van der Waals surface area contributed by atoms with Crippen LogP contribution in [0.15, 0.2) is 77.2 Å². The number of hydrogen-bond donors (Lipinski definition) is 1. The maximum Gasteiger partial charge on any atom is 0.331 e. The Morgan fingerprint density at radius 3 is 2.66 bits per heavy atom. The summed E-state index contributed by atoms with van der Waals surface area (Å²) in [5.74, 6) is -0.874. The number of fused-ring (bicyclic) bond motifs is 1. The van der Waals surface area contributed by atoms with Crippen LogP contribution < -0.4 is 9.64 Å². The summed E-state index contributed by atoms with van der Waals surface area (Å²) in [4.78, 5) is 13.6. The van der Waals surface area contributed by atoms with Gasteiger partial charge >= 0.3 is 5.97 Å². The second-order valence-electron chi connectivity index (χ2n) is 7.22. The summed E-state index contributed by atoms with van der Waals surface area (Å²) in [5.41, 5.74) is 1.44. The van der Waals surface area contributed by atoms with Crippen LogP contribution >= 0.6 is 11.8 Å². The van der Waals surface area contributed by atoms with E-state index in [0.29, 0.717) is 30.0 Å². The molecule has 0 saturated heterocycles. The molecule has 0 amide bonds. The molecule has 1 atom stereocenters. The van der Waals surface area contributed by atoms with E-state index >= 15 is 0 Å². The predicted molar refractivity (Wildman–Crippen MR) is 127 cm³/mol. The fraction of sp³-hybridized carbons (Fsp3) is 0.261. The van der Waals surface area contributed by atoms with Gasteiger partial charge in [0.25, 0.3) is 0 Å². The molecule has 2 aromatic carbocycles. The number of hydrogen-bond acceptors (Lipinski definition) is 6. The fourth-order valence-corrected chi connectivity index (χ4v) is 5.68. The van der Waals surface area contributed by atoms with Crippen LogP contribution in [-0.2, 0) is 14.8 Å². The first-order chi connectivity index (χ1) is 15.3. The lowest BCUT2D eigenvalue weighted by atomic mass is 10.1. The summed E-state index contributed by atoms with van der Waals surface area (Å²) in [7, 11) is -2.25. The van der Waals surface area contributed by atoms with Gasteiger partial charge in [-0.2, -0.15) is 4.31 Å². The number of rotatable bonds is 8. The van der Waals surface area contributed by atoms with E-state index in [2.05, 4.69) is 6.58 Å². The highest BCUT2D eigenvalue weighted by atomic mass is 32.2. The summed E-state index contributed by atoms with van der Waals surface area (Å²) in [5, 5.41) is 8.84. The molecule has 170 valence electrons. The summed E-state index contributed by atoms with van der Waals surface area (Å²) in [6.07, 6.45) is 6.87. The molecule has 0 fully saturated rings. The zero-order chi connectivity index (χ0) is 23.3. The Hall–Kier alpha value is -2.75. The molecule has 2 aromatic rings. The van der Waals surface area contributed by atoms with Crippen molar-refractivity contribution in [1.29, 1.82) is 0 Å². The maximum absolute atomic E-state index is 13.6. The summed E-state index contributed by atoms with van der Waals surface area (Å²) >= 11 is 1.39. The zero-order valence-corrected chi connectivity index (χ0v) is 19.6. The Morgan fingerprint density at radius 2 is 2.03 bits per heavy atom. The predicted octanol–water partition coefficient (Wildman–Crippen LogP) is 4.49.